The number of hydrogen-bond acceptors (Lipinski definition) is 3. The maximum atomic E-state index is 13.1. The highest BCUT2D eigenvalue weighted by atomic mass is 16.5. The first-order valence-corrected chi connectivity index (χ1v) is 10.2. The molecule has 0 fully saturated rings. The molecule has 4 aromatic rings. The number of fused-ring (bicyclic) bond motifs is 1. The van der Waals surface area contributed by atoms with Crippen LogP contribution in [0.4, 0.5) is 5.69 Å². The molecule has 0 saturated carbocycles. The minimum Gasteiger partial charge on any atom is -0.452 e. The molecule has 0 aliphatic carbocycles. The summed E-state index contributed by atoms with van der Waals surface area (Å²) in [6.45, 7) is 1.59. The third-order valence-electron chi connectivity index (χ3n) is 5.21. The maximum Gasteiger partial charge on any atom is 0.318 e. The molecule has 4 nitrogen and oxygen atoms in total. The zero-order valence-corrected chi connectivity index (χ0v) is 17.2. The number of nitrogens with one attached hydrogen (secondary N) is 1. The highest BCUT2D eigenvalue weighted by Crippen LogP contribution is 2.27. The Labute approximate surface area is 181 Å². The summed E-state index contributed by atoms with van der Waals surface area (Å²) in [5, 5.41) is 4.85. The molecule has 1 amide bonds. The molecule has 154 valence electrons. The van der Waals surface area contributed by atoms with Gasteiger partial charge in [-0.25, -0.2) is 0 Å². The van der Waals surface area contributed by atoms with E-state index in [1.165, 1.54) is 0 Å². The standard InChI is InChI=1S/C27H23NO3/c1-19(26(29)28-24-18-10-16-20-11-8-9-17-23(20)24)31-27(30)25(21-12-4-2-5-13-21)22-14-6-3-7-15-22/h2-19,25H,1H3,(H,28,29)/t19-/m1/s1. The van der Waals surface area contributed by atoms with Crippen LogP contribution in [0.1, 0.15) is 24.0 Å². The molecule has 4 aromatic carbocycles. The van der Waals surface area contributed by atoms with Crippen LogP contribution in [-0.2, 0) is 14.3 Å². The second-order valence-electron chi connectivity index (χ2n) is 7.35. The van der Waals surface area contributed by atoms with Gasteiger partial charge in [-0.15, -0.1) is 0 Å². The summed E-state index contributed by atoms with van der Waals surface area (Å²) < 4.78 is 5.62. The van der Waals surface area contributed by atoms with Crippen molar-refractivity contribution in [2.45, 2.75) is 18.9 Å². The van der Waals surface area contributed by atoms with E-state index in [9.17, 15) is 9.59 Å². The van der Waals surface area contributed by atoms with Gasteiger partial charge in [0.15, 0.2) is 6.10 Å². The van der Waals surface area contributed by atoms with Crippen LogP contribution in [0.3, 0.4) is 0 Å². The van der Waals surface area contributed by atoms with Gasteiger partial charge in [-0.05, 0) is 29.5 Å². The largest absolute Gasteiger partial charge is 0.452 e. The van der Waals surface area contributed by atoms with Crippen molar-refractivity contribution in [1.82, 2.24) is 0 Å². The third kappa shape index (κ3) is 4.64. The van der Waals surface area contributed by atoms with E-state index in [2.05, 4.69) is 5.32 Å². The van der Waals surface area contributed by atoms with Crippen LogP contribution in [0.2, 0.25) is 0 Å². The van der Waals surface area contributed by atoms with E-state index in [-0.39, 0.29) is 5.91 Å². The molecule has 0 unspecified atom stereocenters. The molecule has 0 saturated heterocycles. The first-order chi connectivity index (χ1) is 15.1. The predicted molar refractivity (Wildman–Crippen MR) is 123 cm³/mol. The van der Waals surface area contributed by atoms with Gasteiger partial charge in [-0.1, -0.05) is 97.1 Å². The quantitative estimate of drug-likeness (QED) is 0.425. The van der Waals surface area contributed by atoms with Gasteiger partial charge in [-0.3, -0.25) is 9.59 Å². The van der Waals surface area contributed by atoms with Gasteiger partial charge in [0.25, 0.3) is 5.91 Å². The highest BCUT2D eigenvalue weighted by Gasteiger charge is 2.28. The van der Waals surface area contributed by atoms with Crippen LogP contribution >= 0.6 is 0 Å². The lowest BCUT2D eigenvalue weighted by molar-refractivity contribution is -0.153. The molecule has 1 atom stereocenters. The number of rotatable bonds is 6. The molecular formula is C27H23NO3. The van der Waals surface area contributed by atoms with Crippen molar-refractivity contribution < 1.29 is 14.3 Å². The molecule has 0 bridgehead atoms. The van der Waals surface area contributed by atoms with E-state index >= 15 is 0 Å². The summed E-state index contributed by atoms with van der Waals surface area (Å²) >= 11 is 0. The Morgan fingerprint density at radius 1 is 0.710 bits per heavy atom. The fourth-order valence-electron chi connectivity index (χ4n) is 3.62. The molecular weight excluding hydrogens is 386 g/mol. The van der Waals surface area contributed by atoms with E-state index in [0.717, 1.165) is 21.9 Å². The second-order valence-corrected chi connectivity index (χ2v) is 7.35. The summed E-state index contributed by atoms with van der Waals surface area (Å²) in [6.07, 6.45) is -0.943. The normalized spacial score (nSPS) is 11.8. The number of amides is 1. The monoisotopic (exact) mass is 409 g/mol. The summed E-state index contributed by atoms with van der Waals surface area (Å²) in [5.74, 6) is -1.43. The Balaban J connectivity index is 1.52. The van der Waals surface area contributed by atoms with E-state index in [0.29, 0.717) is 5.69 Å². The van der Waals surface area contributed by atoms with Crippen LogP contribution in [0, 0.1) is 0 Å². The fraction of sp³-hybridized carbons (Fsp3) is 0.111. The zero-order valence-electron chi connectivity index (χ0n) is 17.2. The average molecular weight is 409 g/mol. The summed E-state index contributed by atoms with van der Waals surface area (Å²) in [5.41, 5.74) is 2.33. The molecule has 1 N–H and O–H groups in total. The first-order valence-electron chi connectivity index (χ1n) is 10.2. The molecule has 0 spiro atoms. The Morgan fingerprint density at radius 2 is 1.26 bits per heavy atom. The van der Waals surface area contributed by atoms with Crippen LogP contribution in [0.25, 0.3) is 10.8 Å². The predicted octanol–water partition coefficient (Wildman–Crippen LogP) is 5.54. The lowest BCUT2D eigenvalue weighted by Gasteiger charge is -2.20. The van der Waals surface area contributed by atoms with E-state index in [4.69, 9.17) is 4.74 Å². The number of carbonyl (C=O) groups is 2. The maximum absolute atomic E-state index is 13.1. The van der Waals surface area contributed by atoms with Crippen molar-refractivity contribution in [1.29, 1.82) is 0 Å². The lowest BCUT2D eigenvalue weighted by Crippen LogP contribution is -2.32. The topological polar surface area (TPSA) is 55.4 Å². The van der Waals surface area contributed by atoms with Gasteiger partial charge < -0.3 is 10.1 Å². The van der Waals surface area contributed by atoms with E-state index in [1.807, 2.05) is 103 Å². The minimum atomic E-state index is -0.943. The first kappa shape index (κ1) is 20.4. The molecule has 0 aromatic heterocycles. The van der Waals surface area contributed by atoms with Gasteiger partial charge >= 0.3 is 5.97 Å². The van der Waals surface area contributed by atoms with Gasteiger partial charge in [0.2, 0.25) is 0 Å². The third-order valence-corrected chi connectivity index (χ3v) is 5.21. The molecule has 31 heavy (non-hydrogen) atoms. The summed E-state index contributed by atoms with van der Waals surface area (Å²) in [7, 11) is 0. The lowest BCUT2D eigenvalue weighted by atomic mass is 9.91. The molecule has 0 radical (unpaired) electrons. The van der Waals surface area contributed by atoms with Crippen molar-refractivity contribution in [3.63, 3.8) is 0 Å². The number of hydrogen-bond donors (Lipinski definition) is 1. The zero-order chi connectivity index (χ0) is 21.6. The van der Waals surface area contributed by atoms with Gasteiger partial charge in [0, 0.05) is 11.1 Å². The van der Waals surface area contributed by atoms with Crippen molar-refractivity contribution in [2.75, 3.05) is 5.32 Å². The van der Waals surface area contributed by atoms with Crippen LogP contribution < -0.4 is 5.32 Å². The summed E-state index contributed by atoms with van der Waals surface area (Å²) in [6, 6.07) is 32.4. The van der Waals surface area contributed by atoms with Gasteiger partial charge in [0.05, 0.1) is 0 Å². The number of ether oxygens (including phenoxy) is 1. The van der Waals surface area contributed by atoms with Crippen molar-refractivity contribution in [2.24, 2.45) is 0 Å². The number of carbonyl (C=O) groups excluding carboxylic acids is 2. The Morgan fingerprint density at radius 3 is 1.90 bits per heavy atom. The number of benzene rings is 4. The fourth-order valence-corrected chi connectivity index (χ4v) is 3.62. The van der Waals surface area contributed by atoms with Gasteiger partial charge in [0.1, 0.15) is 5.92 Å². The smallest absolute Gasteiger partial charge is 0.318 e. The van der Waals surface area contributed by atoms with E-state index in [1.54, 1.807) is 6.92 Å². The molecule has 0 heterocycles. The molecule has 0 aliphatic rings. The Kier molecular flexibility index (Phi) is 6.08. The molecule has 0 aliphatic heterocycles. The minimum absolute atomic E-state index is 0.371. The van der Waals surface area contributed by atoms with Crippen LogP contribution in [0.15, 0.2) is 103 Å². The molecule has 4 heteroatoms. The van der Waals surface area contributed by atoms with Crippen LogP contribution in [0.5, 0.6) is 0 Å². The second kappa shape index (κ2) is 9.26. The van der Waals surface area contributed by atoms with E-state index < -0.39 is 18.0 Å². The highest BCUT2D eigenvalue weighted by molar-refractivity contribution is 6.04. The van der Waals surface area contributed by atoms with Crippen molar-refractivity contribution in [3.8, 4) is 0 Å². The average Bonchev–Trinajstić information content (AvgIpc) is 2.81. The van der Waals surface area contributed by atoms with Crippen LogP contribution in [-0.4, -0.2) is 18.0 Å². The van der Waals surface area contributed by atoms with Gasteiger partial charge in [-0.2, -0.15) is 0 Å². The van der Waals surface area contributed by atoms with Crippen molar-refractivity contribution >= 4 is 28.3 Å². The number of esters is 1. The summed E-state index contributed by atoms with van der Waals surface area (Å²) in [4.78, 5) is 25.9. The SMILES string of the molecule is C[C@@H](OC(=O)C(c1ccccc1)c1ccccc1)C(=O)Nc1cccc2ccccc12. The number of anilines is 1. The molecule has 4 rings (SSSR count). The van der Waals surface area contributed by atoms with Crippen molar-refractivity contribution in [3.05, 3.63) is 114 Å². The Bertz CT molecular complexity index is 1140. The Hall–Kier alpha value is -3.92.